The highest BCUT2D eigenvalue weighted by molar-refractivity contribution is 6.30. The van der Waals surface area contributed by atoms with Gasteiger partial charge in [0.2, 0.25) is 0 Å². The molecule has 0 saturated carbocycles. The molecule has 2 saturated heterocycles. The summed E-state index contributed by atoms with van der Waals surface area (Å²) in [5.74, 6) is 0.264. The maximum absolute atomic E-state index is 11.6. The molecule has 2 bridgehead atoms. The van der Waals surface area contributed by atoms with Crippen molar-refractivity contribution in [2.75, 3.05) is 4.90 Å². The molecule has 0 unspecified atom stereocenters. The number of hydrogen-bond acceptors (Lipinski definition) is 4. The van der Waals surface area contributed by atoms with E-state index in [9.17, 15) is 14.9 Å². The van der Waals surface area contributed by atoms with Gasteiger partial charge in [-0.1, -0.05) is 11.6 Å². The van der Waals surface area contributed by atoms with E-state index in [1.165, 1.54) is 6.07 Å². The van der Waals surface area contributed by atoms with E-state index >= 15 is 0 Å². The van der Waals surface area contributed by atoms with Crippen LogP contribution in [0.4, 0.5) is 11.4 Å². The summed E-state index contributed by atoms with van der Waals surface area (Å²) in [5.41, 5.74) is 0.619. The Morgan fingerprint density at radius 3 is 2.47 bits per heavy atom. The molecule has 2 fully saturated rings. The Hall–Kier alpha value is -1.62. The summed E-state index contributed by atoms with van der Waals surface area (Å²) in [5, 5.41) is 11.5. The van der Waals surface area contributed by atoms with Crippen molar-refractivity contribution in [1.29, 1.82) is 0 Å². The zero-order valence-electron chi connectivity index (χ0n) is 10.2. The van der Waals surface area contributed by atoms with Crippen molar-refractivity contribution in [2.45, 2.75) is 37.8 Å². The Balaban J connectivity index is 2.03. The first-order chi connectivity index (χ1) is 9.06. The van der Waals surface area contributed by atoms with E-state index in [2.05, 4.69) is 4.90 Å². The number of carbonyl (C=O) groups excluding carboxylic acids is 1. The Kier molecular flexibility index (Phi) is 2.93. The van der Waals surface area contributed by atoms with E-state index in [4.69, 9.17) is 11.6 Å². The molecule has 0 radical (unpaired) electrons. The molecule has 2 aliphatic heterocycles. The van der Waals surface area contributed by atoms with Gasteiger partial charge in [0, 0.05) is 36.0 Å². The minimum atomic E-state index is -0.406. The zero-order valence-corrected chi connectivity index (χ0v) is 11.0. The average molecular weight is 281 g/mol. The van der Waals surface area contributed by atoms with Gasteiger partial charge in [0.15, 0.2) is 0 Å². The SMILES string of the molecule is O=C1C[C@H]2CC[C@@H](C1)N2c1ccc(Cl)cc1[N+](=O)[O-]. The normalized spacial score (nSPS) is 25.7. The first kappa shape index (κ1) is 12.4. The molecule has 100 valence electrons. The average Bonchev–Trinajstić information content (AvgIpc) is 2.62. The molecule has 1 aromatic carbocycles. The van der Waals surface area contributed by atoms with E-state index in [-0.39, 0.29) is 23.6 Å². The molecular formula is C13H13ClN2O3. The molecule has 19 heavy (non-hydrogen) atoms. The number of benzene rings is 1. The number of hydrogen-bond donors (Lipinski definition) is 0. The number of nitrogens with zero attached hydrogens (tertiary/aromatic N) is 2. The maximum atomic E-state index is 11.6. The van der Waals surface area contributed by atoms with Crippen molar-refractivity contribution in [3.8, 4) is 0 Å². The van der Waals surface area contributed by atoms with Gasteiger partial charge in [-0.3, -0.25) is 14.9 Å². The molecule has 1 aromatic rings. The van der Waals surface area contributed by atoms with E-state index in [1.807, 2.05) is 0 Å². The van der Waals surface area contributed by atoms with Crippen LogP contribution in [0.5, 0.6) is 0 Å². The van der Waals surface area contributed by atoms with Crippen LogP contribution in [-0.4, -0.2) is 22.8 Å². The third kappa shape index (κ3) is 2.08. The number of carbonyl (C=O) groups is 1. The fourth-order valence-electron chi connectivity index (χ4n) is 3.23. The molecule has 0 aliphatic carbocycles. The maximum Gasteiger partial charge on any atom is 0.294 e. The molecular weight excluding hydrogens is 268 g/mol. The van der Waals surface area contributed by atoms with Crippen molar-refractivity contribution < 1.29 is 9.72 Å². The molecule has 0 spiro atoms. The smallest absolute Gasteiger partial charge is 0.294 e. The summed E-state index contributed by atoms with van der Waals surface area (Å²) in [6, 6.07) is 4.95. The predicted molar refractivity (Wildman–Crippen MR) is 71.6 cm³/mol. The minimum Gasteiger partial charge on any atom is -0.359 e. The largest absolute Gasteiger partial charge is 0.359 e. The third-order valence-electron chi connectivity index (χ3n) is 3.96. The summed E-state index contributed by atoms with van der Waals surface area (Å²) < 4.78 is 0. The predicted octanol–water partition coefficient (Wildman–Crippen LogP) is 2.95. The van der Waals surface area contributed by atoms with Gasteiger partial charge < -0.3 is 4.90 Å². The molecule has 3 rings (SSSR count). The lowest BCUT2D eigenvalue weighted by atomic mass is 10.00. The standard InChI is InChI=1S/C13H13ClN2O3/c14-8-1-4-12(13(5-8)16(18)19)15-9-2-3-10(15)7-11(17)6-9/h1,4-5,9-10H,2-3,6-7H2/t9-,10+. The molecule has 2 atom stereocenters. The number of nitro groups is 1. The van der Waals surface area contributed by atoms with Gasteiger partial charge in [-0.15, -0.1) is 0 Å². The molecule has 6 heteroatoms. The van der Waals surface area contributed by atoms with Crippen LogP contribution in [0.25, 0.3) is 0 Å². The monoisotopic (exact) mass is 280 g/mol. The van der Waals surface area contributed by atoms with Crippen molar-refractivity contribution >= 4 is 28.8 Å². The van der Waals surface area contributed by atoms with E-state index in [0.717, 1.165) is 12.8 Å². The van der Waals surface area contributed by atoms with Gasteiger partial charge in [-0.25, -0.2) is 0 Å². The Morgan fingerprint density at radius 1 is 1.26 bits per heavy atom. The second-order valence-electron chi connectivity index (χ2n) is 5.13. The number of Topliss-reactive ketones (excluding diaryl/α,β-unsaturated/α-hetero) is 1. The molecule has 2 heterocycles. The minimum absolute atomic E-state index is 0.0266. The first-order valence-electron chi connectivity index (χ1n) is 6.30. The van der Waals surface area contributed by atoms with E-state index in [0.29, 0.717) is 23.6 Å². The number of anilines is 1. The van der Waals surface area contributed by atoms with Crippen LogP contribution in [0, 0.1) is 10.1 Å². The van der Waals surface area contributed by atoms with Crippen LogP contribution in [0.1, 0.15) is 25.7 Å². The van der Waals surface area contributed by atoms with Crippen molar-refractivity contribution in [2.24, 2.45) is 0 Å². The van der Waals surface area contributed by atoms with Crippen molar-refractivity contribution in [1.82, 2.24) is 0 Å². The lowest BCUT2D eigenvalue weighted by Gasteiger charge is -2.35. The highest BCUT2D eigenvalue weighted by Crippen LogP contribution is 2.42. The Bertz CT molecular complexity index is 545. The number of halogens is 1. The second-order valence-corrected chi connectivity index (χ2v) is 5.57. The van der Waals surface area contributed by atoms with Crippen LogP contribution in [0.2, 0.25) is 5.02 Å². The van der Waals surface area contributed by atoms with Crippen molar-refractivity contribution in [3.63, 3.8) is 0 Å². The topological polar surface area (TPSA) is 63.5 Å². The lowest BCUT2D eigenvalue weighted by molar-refractivity contribution is -0.384. The van der Waals surface area contributed by atoms with Crippen LogP contribution >= 0.6 is 11.6 Å². The number of fused-ring (bicyclic) bond motifs is 2. The fourth-order valence-corrected chi connectivity index (χ4v) is 3.39. The summed E-state index contributed by atoms with van der Waals surface area (Å²) in [6.45, 7) is 0. The zero-order chi connectivity index (χ0) is 13.6. The highest BCUT2D eigenvalue weighted by atomic mass is 35.5. The lowest BCUT2D eigenvalue weighted by Crippen LogP contribution is -2.43. The summed E-state index contributed by atoms with van der Waals surface area (Å²) in [7, 11) is 0. The van der Waals surface area contributed by atoms with Crippen LogP contribution < -0.4 is 4.90 Å². The Morgan fingerprint density at radius 2 is 1.89 bits per heavy atom. The van der Waals surface area contributed by atoms with Gasteiger partial charge in [0.05, 0.1) is 4.92 Å². The van der Waals surface area contributed by atoms with Gasteiger partial charge in [-0.2, -0.15) is 0 Å². The first-order valence-corrected chi connectivity index (χ1v) is 6.68. The number of nitro benzene ring substituents is 1. The molecule has 0 N–H and O–H groups in total. The van der Waals surface area contributed by atoms with Crippen molar-refractivity contribution in [3.05, 3.63) is 33.3 Å². The molecule has 0 aromatic heterocycles. The van der Waals surface area contributed by atoms with E-state index in [1.54, 1.807) is 12.1 Å². The van der Waals surface area contributed by atoms with E-state index < -0.39 is 4.92 Å². The fraction of sp³-hybridized carbons (Fsp3) is 0.462. The van der Waals surface area contributed by atoms with Crippen LogP contribution in [0.3, 0.4) is 0 Å². The highest BCUT2D eigenvalue weighted by Gasteiger charge is 2.42. The summed E-state index contributed by atoms with van der Waals surface area (Å²) in [6.07, 6.45) is 2.85. The van der Waals surface area contributed by atoms with Gasteiger partial charge in [0.25, 0.3) is 5.69 Å². The third-order valence-corrected chi connectivity index (χ3v) is 4.19. The summed E-state index contributed by atoms with van der Waals surface area (Å²) in [4.78, 5) is 24.4. The second kappa shape index (κ2) is 4.49. The van der Waals surface area contributed by atoms with Gasteiger partial charge >= 0.3 is 0 Å². The van der Waals surface area contributed by atoms with Crippen LogP contribution in [-0.2, 0) is 4.79 Å². The number of ketones is 1. The molecule has 2 aliphatic rings. The van der Waals surface area contributed by atoms with Gasteiger partial charge in [-0.05, 0) is 25.0 Å². The van der Waals surface area contributed by atoms with Gasteiger partial charge in [0.1, 0.15) is 11.5 Å². The molecule has 0 amide bonds. The Labute approximate surface area is 115 Å². The molecule has 5 nitrogen and oxygen atoms in total. The van der Waals surface area contributed by atoms with Crippen LogP contribution in [0.15, 0.2) is 18.2 Å². The quantitative estimate of drug-likeness (QED) is 0.617. The summed E-state index contributed by atoms with van der Waals surface area (Å²) >= 11 is 5.83. The number of rotatable bonds is 2. The number of piperidine rings is 1.